The molecule has 0 spiro atoms. The van der Waals surface area contributed by atoms with Crippen LogP contribution in [0.4, 0.5) is 0 Å². The van der Waals surface area contributed by atoms with Crippen LogP contribution >= 0.6 is 0 Å². The number of nitrogens with one attached hydrogen (secondary N) is 1. The van der Waals surface area contributed by atoms with E-state index >= 15 is 0 Å². The molecule has 108 valence electrons. The van der Waals surface area contributed by atoms with E-state index in [4.69, 9.17) is 0 Å². The van der Waals surface area contributed by atoms with Gasteiger partial charge < -0.3 is 15.0 Å². The monoisotopic (exact) mass is 274 g/mol. The maximum Gasteiger partial charge on any atom is 0.240 e. The van der Waals surface area contributed by atoms with Crippen LogP contribution in [0.5, 0.6) is 0 Å². The van der Waals surface area contributed by atoms with Crippen LogP contribution in [0.15, 0.2) is 30.5 Å². The summed E-state index contributed by atoms with van der Waals surface area (Å²) < 4.78 is 1.89. The van der Waals surface area contributed by atoms with Crippen LogP contribution in [-0.4, -0.2) is 21.1 Å². The zero-order chi connectivity index (χ0) is 14.8. The Hall–Kier alpha value is -1.81. The van der Waals surface area contributed by atoms with Crippen molar-refractivity contribution in [3.63, 3.8) is 0 Å². The molecule has 0 aliphatic rings. The molecule has 1 amide bonds. The van der Waals surface area contributed by atoms with Crippen LogP contribution in [-0.2, 0) is 17.9 Å². The van der Waals surface area contributed by atoms with Crippen molar-refractivity contribution in [2.75, 3.05) is 0 Å². The zero-order valence-corrected chi connectivity index (χ0v) is 12.3. The highest BCUT2D eigenvalue weighted by Crippen LogP contribution is 2.20. The number of hydrogen-bond donors (Lipinski definition) is 2. The molecule has 1 heterocycles. The van der Waals surface area contributed by atoms with Gasteiger partial charge in [0.05, 0.1) is 12.1 Å². The van der Waals surface area contributed by atoms with Gasteiger partial charge in [-0.2, -0.15) is 0 Å². The van der Waals surface area contributed by atoms with E-state index in [0.717, 1.165) is 22.9 Å². The smallest absolute Gasteiger partial charge is 0.240 e. The van der Waals surface area contributed by atoms with E-state index in [0.29, 0.717) is 0 Å². The van der Waals surface area contributed by atoms with Gasteiger partial charge >= 0.3 is 0 Å². The van der Waals surface area contributed by atoms with Gasteiger partial charge in [0.25, 0.3) is 0 Å². The van der Waals surface area contributed by atoms with Crippen LogP contribution < -0.4 is 5.32 Å². The molecule has 4 heteroatoms. The Morgan fingerprint density at radius 3 is 2.75 bits per heavy atom. The van der Waals surface area contributed by atoms with E-state index < -0.39 is 0 Å². The summed E-state index contributed by atoms with van der Waals surface area (Å²) in [6.07, 6.45) is 2.77. The minimum absolute atomic E-state index is 0.0120. The normalized spacial score (nSPS) is 11.8. The topological polar surface area (TPSA) is 54.3 Å². The molecular formula is C16H22N2O2. The zero-order valence-electron chi connectivity index (χ0n) is 12.3. The van der Waals surface area contributed by atoms with E-state index in [-0.39, 0.29) is 24.6 Å². The highest BCUT2D eigenvalue weighted by Gasteiger charge is 2.18. The van der Waals surface area contributed by atoms with Crippen LogP contribution in [0, 0.1) is 0 Å². The summed E-state index contributed by atoms with van der Waals surface area (Å²) in [5.74, 6) is -0.0120. The van der Waals surface area contributed by atoms with Crippen molar-refractivity contribution >= 4 is 16.8 Å². The second kappa shape index (κ2) is 5.67. The lowest BCUT2D eigenvalue weighted by atomic mass is 10.0. The van der Waals surface area contributed by atoms with E-state index in [2.05, 4.69) is 12.2 Å². The lowest BCUT2D eigenvalue weighted by Crippen LogP contribution is -2.44. The maximum absolute atomic E-state index is 12.1. The number of aliphatic hydroxyl groups excluding tert-OH is 1. The summed E-state index contributed by atoms with van der Waals surface area (Å²) in [6.45, 7) is 6.32. The van der Waals surface area contributed by atoms with E-state index in [1.54, 1.807) is 0 Å². The summed E-state index contributed by atoms with van der Waals surface area (Å²) in [7, 11) is 0. The number of aromatic nitrogens is 1. The number of fused-ring (bicyclic) bond motifs is 1. The molecule has 2 rings (SSSR count). The Labute approximate surface area is 119 Å². The number of carbonyl (C=O) groups is 1. The Kier molecular flexibility index (Phi) is 4.14. The fourth-order valence-electron chi connectivity index (χ4n) is 2.26. The number of carbonyl (C=O) groups excluding carboxylic acids is 1. The standard InChI is InChI=1S/C16H22N2O2/c1-4-16(2,3)17-14(20)10-18-9-8-12-6-5-7-13(11-19)15(12)18/h5-9,19H,4,10-11H2,1-3H3,(H,17,20). The summed E-state index contributed by atoms with van der Waals surface area (Å²) >= 11 is 0. The average molecular weight is 274 g/mol. The van der Waals surface area contributed by atoms with Crippen molar-refractivity contribution in [2.45, 2.75) is 45.9 Å². The lowest BCUT2D eigenvalue weighted by molar-refractivity contribution is -0.123. The molecule has 0 atom stereocenters. The number of amides is 1. The number of para-hydroxylation sites is 1. The lowest BCUT2D eigenvalue weighted by Gasteiger charge is -2.24. The van der Waals surface area contributed by atoms with Gasteiger partial charge in [0.1, 0.15) is 6.54 Å². The number of hydrogen-bond acceptors (Lipinski definition) is 2. The first-order valence-electron chi connectivity index (χ1n) is 6.95. The largest absolute Gasteiger partial charge is 0.392 e. The van der Waals surface area contributed by atoms with E-state index in [1.165, 1.54) is 0 Å². The van der Waals surface area contributed by atoms with Crippen molar-refractivity contribution < 1.29 is 9.90 Å². The molecule has 0 aliphatic heterocycles. The van der Waals surface area contributed by atoms with Crippen molar-refractivity contribution in [1.82, 2.24) is 9.88 Å². The average Bonchev–Trinajstić information content (AvgIpc) is 2.81. The molecular weight excluding hydrogens is 252 g/mol. The highest BCUT2D eigenvalue weighted by molar-refractivity contribution is 5.85. The first-order valence-corrected chi connectivity index (χ1v) is 6.95. The summed E-state index contributed by atoms with van der Waals surface area (Å²) in [5.41, 5.74) is 1.58. The van der Waals surface area contributed by atoms with Crippen molar-refractivity contribution in [3.05, 3.63) is 36.0 Å². The molecule has 0 aliphatic carbocycles. The first kappa shape index (κ1) is 14.6. The third kappa shape index (κ3) is 3.02. The Balaban J connectivity index is 2.24. The minimum Gasteiger partial charge on any atom is -0.392 e. The van der Waals surface area contributed by atoms with Crippen molar-refractivity contribution in [3.8, 4) is 0 Å². The van der Waals surface area contributed by atoms with Crippen molar-refractivity contribution in [2.24, 2.45) is 0 Å². The Morgan fingerprint density at radius 2 is 2.10 bits per heavy atom. The molecule has 0 saturated heterocycles. The summed E-state index contributed by atoms with van der Waals surface area (Å²) in [5, 5.41) is 13.5. The Bertz CT molecular complexity index is 614. The number of benzene rings is 1. The van der Waals surface area contributed by atoms with Crippen molar-refractivity contribution in [1.29, 1.82) is 0 Å². The summed E-state index contributed by atoms with van der Waals surface area (Å²) in [6, 6.07) is 7.75. The molecule has 1 aromatic heterocycles. The van der Waals surface area contributed by atoms with Gasteiger partial charge in [-0.25, -0.2) is 0 Å². The van der Waals surface area contributed by atoms with E-state index in [1.807, 2.05) is 48.9 Å². The predicted molar refractivity (Wildman–Crippen MR) is 80.4 cm³/mol. The number of rotatable bonds is 5. The van der Waals surface area contributed by atoms with Crippen LogP contribution in [0.1, 0.15) is 32.8 Å². The number of nitrogens with zero attached hydrogens (tertiary/aromatic N) is 1. The number of aliphatic hydroxyl groups is 1. The second-order valence-electron chi connectivity index (χ2n) is 5.74. The van der Waals surface area contributed by atoms with Gasteiger partial charge in [-0.1, -0.05) is 25.1 Å². The molecule has 0 saturated carbocycles. The van der Waals surface area contributed by atoms with Crippen LogP contribution in [0.2, 0.25) is 0 Å². The van der Waals surface area contributed by atoms with Crippen LogP contribution in [0.3, 0.4) is 0 Å². The fourth-order valence-corrected chi connectivity index (χ4v) is 2.26. The maximum atomic E-state index is 12.1. The molecule has 20 heavy (non-hydrogen) atoms. The molecule has 0 radical (unpaired) electrons. The molecule has 0 fully saturated rings. The molecule has 4 nitrogen and oxygen atoms in total. The fraction of sp³-hybridized carbons (Fsp3) is 0.438. The van der Waals surface area contributed by atoms with Gasteiger partial charge in [0.15, 0.2) is 0 Å². The van der Waals surface area contributed by atoms with Gasteiger partial charge in [0, 0.05) is 17.3 Å². The second-order valence-corrected chi connectivity index (χ2v) is 5.74. The Morgan fingerprint density at radius 1 is 1.35 bits per heavy atom. The van der Waals surface area contributed by atoms with E-state index in [9.17, 15) is 9.90 Å². The summed E-state index contributed by atoms with van der Waals surface area (Å²) in [4.78, 5) is 12.1. The van der Waals surface area contributed by atoms with Crippen LogP contribution in [0.25, 0.3) is 10.9 Å². The van der Waals surface area contributed by atoms with Gasteiger partial charge in [-0.05, 0) is 31.7 Å². The quantitative estimate of drug-likeness (QED) is 0.880. The molecule has 0 bridgehead atoms. The van der Waals surface area contributed by atoms with Gasteiger partial charge in [-0.15, -0.1) is 0 Å². The highest BCUT2D eigenvalue weighted by atomic mass is 16.3. The molecule has 0 unspecified atom stereocenters. The van der Waals surface area contributed by atoms with Gasteiger partial charge in [0.2, 0.25) is 5.91 Å². The minimum atomic E-state index is -0.195. The molecule has 1 aromatic carbocycles. The SMILES string of the molecule is CCC(C)(C)NC(=O)Cn1ccc2cccc(CO)c21. The molecule has 2 N–H and O–H groups in total. The molecule has 2 aromatic rings. The third-order valence-corrected chi connectivity index (χ3v) is 3.72. The predicted octanol–water partition coefficient (Wildman–Crippen LogP) is 2.44. The van der Waals surface area contributed by atoms with Gasteiger partial charge in [-0.3, -0.25) is 4.79 Å². The third-order valence-electron chi connectivity index (χ3n) is 3.72. The first-order chi connectivity index (χ1) is 9.46.